The van der Waals surface area contributed by atoms with Gasteiger partial charge in [0.05, 0.1) is 77.4 Å². The number of aromatic nitrogens is 2. The fraction of sp³-hybridized carbons (Fsp3) is 0.129. The quantitative estimate of drug-likeness (QED) is 0.165. The van der Waals surface area contributed by atoms with Gasteiger partial charge in [-0.05, 0) is 119 Å². The van der Waals surface area contributed by atoms with Crippen LogP contribution in [0.4, 0.5) is 34.1 Å². The van der Waals surface area contributed by atoms with Crippen molar-refractivity contribution in [1.82, 2.24) is 8.80 Å². The monoisotopic (exact) mass is 875 g/mol. The van der Waals surface area contributed by atoms with Crippen molar-refractivity contribution in [2.75, 3.05) is 9.80 Å². The van der Waals surface area contributed by atoms with E-state index in [1.54, 1.807) is 12.1 Å². The Bertz CT molecular complexity index is 4870. The SMILES string of the molecule is [2H]c1c([2H])c([2H])c(N(c2c([2H])c([2H])c([2H])c([2H])c2[2H])c2c([2H])c([2H])c3c4cc5c(cc4n4c6ccc(C(C)(C)C)cc6c2c34)c2c([2H])c([2H])c(N(c3c([2H])c([2H])c([2H])c([2H])c3[2H])c3c([2H])c([2H])c([2H])c([2H])c3[2H])c3c4cc(C(C)(C)C)ccc4n5c23)c([2H])c1[2H]. The zero-order valence-corrected chi connectivity index (χ0v) is 36.4. The second-order valence-corrected chi connectivity index (χ2v) is 18.5. The predicted octanol–water partition coefficient (Wildman–Crippen LogP) is 17.5. The van der Waals surface area contributed by atoms with Crippen molar-refractivity contribution in [3.8, 4) is 0 Å². The molecule has 0 amide bonds. The second kappa shape index (κ2) is 13.8. The van der Waals surface area contributed by atoms with Crippen molar-refractivity contribution in [2.24, 2.45) is 0 Å². The molecule has 0 atom stereocenters. The van der Waals surface area contributed by atoms with Crippen LogP contribution in [-0.2, 0) is 10.8 Å². The van der Waals surface area contributed by atoms with Crippen LogP contribution in [0.3, 0.4) is 0 Å². The summed E-state index contributed by atoms with van der Waals surface area (Å²) in [5.41, 5.74) is -0.737. The molecule has 0 fully saturated rings. The minimum Gasteiger partial charge on any atom is -0.310 e. The maximum absolute atomic E-state index is 10.3. The molecular formula is C62H50N4. The van der Waals surface area contributed by atoms with Crippen LogP contribution in [0.5, 0.6) is 0 Å². The van der Waals surface area contributed by atoms with Crippen LogP contribution in [0, 0.1) is 0 Å². The van der Waals surface area contributed by atoms with Gasteiger partial charge in [-0.25, -0.2) is 0 Å². The summed E-state index contributed by atoms with van der Waals surface area (Å²) < 4.78 is 224. The van der Waals surface area contributed by atoms with Crippen LogP contribution >= 0.6 is 0 Å². The van der Waals surface area contributed by atoms with Gasteiger partial charge < -0.3 is 18.6 Å². The van der Waals surface area contributed by atoms with Crippen LogP contribution in [0.1, 0.15) is 85.6 Å². The molecule has 0 aliphatic carbocycles. The number of anilines is 6. The van der Waals surface area contributed by atoms with Crippen molar-refractivity contribution >= 4 is 110 Å². The highest BCUT2D eigenvalue weighted by molar-refractivity contribution is 6.32. The summed E-state index contributed by atoms with van der Waals surface area (Å²) in [6, 6.07) is -4.08. The molecular weight excluding hydrogens is 801 g/mol. The van der Waals surface area contributed by atoms with Gasteiger partial charge in [-0.3, -0.25) is 0 Å². The van der Waals surface area contributed by atoms with Gasteiger partial charge in [0.2, 0.25) is 0 Å². The highest BCUT2D eigenvalue weighted by atomic mass is 15.2. The maximum Gasteiger partial charge on any atom is 0.0645 e. The van der Waals surface area contributed by atoms with Gasteiger partial charge >= 0.3 is 0 Å². The Morgan fingerprint density at radius 2 is 0.682 bits per heavy atom. The molecule has 4 heterocycles. The normalized spacial score (nSPS) is 17.8. The first-order chi connectivity index (χ1) is 42.0. The fourth-order valence-electron chi connectivity index (χ4n) is 9.62. The van der Waals surface area contributed by atoms with Crippen molar-refractivity contribution in [3.63, 3.8) is 0 Å². The van der Waals surface area contributed by atoms with Gasteiger partial charge in [-0.1, -0.05) is 138 Å². The summed E-state index contributed by atoms with van der Waals surface area (Å²) in [6.45, 7) is 11.8. The van der Waals surface area contributed by atoms with E-state index in [0.29, 0.717) is 43.6 Å². The Hall–Kier alpha value is -7.82. The molecule has 9 aromatic carbocycles. The summed E-state index contributed by atoms with van der Waals surface area (Å²) in [4.78, 5) is 1.83. The molecule has 0 aliphatic rings. The van der Waals surface area contributed by atoms with E-state index in [1.807, 2.05) is 86.7 Å². The molecule has 13 rings (SSSR count). The molecule has 0 aliphatic heterocycles. The van der Waals surface area contributed by atoms with Gasteiger partial charge in [0.1, 0.15) is 0 Å². The predicted molar refractivity (Wildman–Crippen MR) is 283 cm³/mol. The first-order valence-electron chi connectivity index (χ1n) is 33.3. The van der Waals surface area contributed by atoms with Crippen LogP contribution in [0.2, 0.25) is 0 Å². The molecule has 0 bridgehead atoms. The number of hydrogen-bond acceptors (Lipinski definition) is 2. The topological polar surface area (TPSA) is 15.3 Å². The van der Waals surface area contributed by atoms with Crippen molar-refractivity contribution < 1.29 is 32.9 Å². The lowest BCUT2D eigenvalue weighted by Crippen LogP contribution is -2.11. The molecule has 0 N–H and O–H groups in total. The van der Waals surface area contributed by atoms with Gasteiger partial charge in [-0.2, -0.15) is 0 Å². The third-order valence-corrected chi connectivity index (χ3v) is 12.6. The lowest BCUT2D eigenvalue weighted by molar-refractivity contribution is 0.591. The molecule has 0 saturated heterocycles. The fourth-order valence-corrected chi connectivity index (χ4v) is 9.62. The third kappa shape index (κ3) is 5.51. The van der Waals surface area contributed by atoms with Gasteiger partial charge in [0, 0.05) is 65.8 Å². The lowest BCUT2D eigenvalue weighted by atomic mass is 9.86. The molecule has 0 saturated carbocycles. The van der Waals surface area contributed by atoms with Crippen LogP contribution < -0.4 is 9.80 Å². The Morgan fingerprint density at radius 3 is 1.00 bits per heavy atom. The highest BCUT2D eigenvalue weighted by Crippen LogP contribution is 2.52. The summed E-state index contributed by atoms with van der Waals surface area (Å²) in [5.74, 6) is 0. The van der Waals surface area contributed by atoms with E-state index in [1.165, 1.54) is 0 Å². The molecule has 4 aromatic heterocycles. The largest absolute Gasteiger partial charge is 0.310 e. The maximum atomic E-state index is 10.3. The smallest absolute Gasteiger partial charge is 0.0645 e. The van der Waals surface area contributed by atoms with Crippen molar-refractivity contribution in [2.45, 2.75) is 52.4 Å². The van der Waals surface area contributed by atoms with Crippen molar-refractivity contribution in [1.29, 1.82) is 0 Å². The second-order valence-electron chi connectivity index (χ2n) is 18.5. The number of fused-ring (bicyclic) bond motifs is 12. The average molecular weight is 875 g/mol. The zero-order valence-electron chi connectivity index (χ0n) is 60.4. The van der Waals surface area contributed by atoms with E-state index in [2.05, 4.69) is 0 Å². The Kier molecular flexibility index (Phi) is 4.50. The van der Waals surface area contributed by atoms with E-state index in [4.69, 9.17) is 16.4 Å². The van der Waals surface area contributed by atoms with Crippen molar-refractivity contribution in [3.05, 3.63) is 205 Å². The zero-order chi connectivity index (χ0) is 65.5. The Labute approximate surface area is 418 Å². The number of hydrogen-bond donors (Lipinski definition) is 0. The van der Waals surface area contributed by atoms with Crippen LogP contribution in [-0.4, -0.2) is 8.80 Å². The molecule has 0 spiro atoms. The molecule has 0 unspecified atom stereocenters. The third-order valence-electron chi connectivity index (χ3n) is 12.6. The summed E-state index contributed by atoms with van der Waals surface area (Å²) in [5, 5.41) is 2.10. The average Bonchev–Trinajstić information content (AvgIpc) is 1.50. The Morgan fingerprint density at radius 1 is 0.348 bits per heavy atom. The van der Waals surface area contributed by atoms with E-state index < -0.39 is 179 Å². The standard InChI is InChI=1S/C62H50N4/c1-61(2,3)39-27-31-51-49(35-39)57-53(63(41-19-11-7-12-20-41)42-21-13-8-14-22-42)33-29-45-47-38-56-48(37-55(47)65(51)59(45)57)46-30-34-54(64(43-23-15-9-16-24-43)44-25-17-10-18-26-44)58-50-36-40(62(4,5)6)28-32-52(50)66(56)60(46)58/h7-38H,1-6H3/i7D,8D,9D,10D,11D,12D,13D,14D,15D,16D,17D,18D,19D,20D,21D,22D,23D,24D,25D,26D,29D,30D,33D,34D. The van der Waals surface area contributed by atoms with E-state index in [9.17, 15) is 16.4 Å². The summed E-state index contributed by atoms with van der Waals surface area (Å²) in [6.07, 6.45) is 0. The minimum absolute atomic E-state index is 0.144. The van der Waals surface area contributed by atoms with Gasteiger partial charge in [-0.15, -0.1) is 0 Å². The minimum atomic E-state index is -0.837. The first kappa shape index (κ1) is 21.4. The number of benzene rings is 9. The molecule has 0 radical (unpaired) electrons. The van der Waals surface area contributed by atoms with E-state index in [0.717, 1.165) is 20.9 Å². The van der Waals surface area contributed by atoms with Gasteiger partial charge in [0.15, 0.2) is 0 Å². The number of rotatable bonds is 6. The summed E-state index contributed by atoms with van der Waals surface area (Å²) >= 11 is 0. The first-order valence-corrected chi connectivity index (χ1v) is 21.3. The van der Waals surface area contributed by atoms with E-state index in [-0.39, 0.29) is 44.0 Å². The molecule has 318 valence electrons. The van der Waals surface area contributed by atoms with Crippen LogP contribution in [0.25, 0.3) is 76.2 Å². The van der Waals surface area contributed by atoms with Crippen LogP contribution in [0.15, 0.2) is 194 Å². The Balaban J connectivity index is 1.26. The summed E-state index contributed by atoms with van der Waals surface area (Å²) in [7, 11) is 0. The number of para-hydroxylation sites is 4. The van der Waals surface area contributed by atoms with Gasteiger partial charge in [0.25, 0.3) is 0 Å². The molecule has 4 nitrogen and oxygen atoms in total. The lowest BCUT2D eigenvalue weighted by Gasteiger charge is -2.26. The molecule has 13 aromatic rings. The molecule has 66 heavy (non-hydrogen) atoms. The van der Waals surface area contributed by atoms with E-state index >= 15 is 0 Å². The highest BCUT2D eigenvalue weighted by Gasteiger charge is 2.29. The molecule has 4 heteroatoms. The number of nitrogens with zero attached hydrogens (tertiary/aromatic N) is 4.